The highest BCUT2D eigenvalue weighted by atomic mass is 35.5. The van der Waals surface area contributed by atoms with Crippen molar-refractivity contribution in [3.8, 4) is 0 Å². The van der Waals surface area contributed by atoms with Gasteiger partial charge in [0.1, 0.15) is 4.34 Å². The monoisotopic (exact) mass is 206 g/mol. The largest absolute Gasteiger partial charge is 0.476 e. The highest BCUT2D eigenvalue weighted by molar-refractivity contribution is 7.19. The van der Waals surface area contributed by atoms with Gasteiger partial charge in [0.25, 0.3) is 0 Å². The molecule has 0 radical (unpaired) electrons. The van der Waals surface area contributed by atoms with Crippen molar-refractivity contribution in [1.29, 1.82) is 0 Å². The van der Waals surface area contributed by atoms with E-state index in [0.717, 1.165) is 11.3 Å². The molecule has 0 aliphatic rings. The number of nitrogens with zero attached hydrogens (tertiary/aromatic N) is 2. The van der Waals surface area contributed by atoms with Gasteiger partial charge >= 0.3 is 5.97 Å². The molecule has 0 aliphatic heterocycles. The fraction of sp³-hybridized carbons (Fsp3) is 0.333. The second-order valence-electron chi connectivity index (χ2n) is 2.32. The minimum atomic E-state index is -1.09. The first-order chi connectivity index (χ1) is 5.52. The SMILES string of the molecule is CN(C)c1nc(C(=O)O)c(Cl)s1. The van der Waals surface area contributed by atoms with Gasteiger partial charge in [-0.2, -0.15) is 0 Å². The van der Waals surface area contributed by atoms with E-state index < -0.39 is 5.97 Å². The predicted molar refractivity (Wildman–Crippen MR) is 48.4 cm³/mol. The summed E-state index contributed by atoms with van der Waals surface area (Å²) < 4.78 is 0.214. The van der Waals surface area contributed by atoms with Gasteiger partial charge in [-0.05, 0) is 0 Å². The van der Waals surface area contributed by atoms with Gasteiger partial charge in [0.05, 0.1) is 0 Å². The van der Waals surface area contributed by atoms with Gasteiger partial charge in [0.2, 0.25) is 0 Å². The topological polar surface area (TPSA) is 53.4 Å². The molecule has 0 saturated heterocycles. The number of thiazole rings is 1. The molecule has 0 unspecified atom stereocenters. The van der Waals surface area contributed by atoms with Crippen molar-refractivity contribution >= 4 is 34.0 Å². The smallest absolute Gasteiger partial charge is 0.357 e. The first-order valence-electron chi connectivity index (χ1n) is 3.09. The Hall–Kier alpha value is -0.810. The molecule has 1 N–H and O–H groups in total. The van der Waals surface area contributed by atoms with Crippen LogP contribution < -0.4 is 4.90 Å². The normalized spacial score (nSPS) is 9.92. The number of carbonyl (C=O) groups is 1. The zero-order valence-corrected chi connectivity index (χ0v) is 8.11. The number of anilines is 1. The van der Waals surface area contributed by atoms with Crippen LogP contribution >= 0.6 is 22.9 Å². The molecule has 6 heteroatoms. The lowest BCUT2D eigenvalue weighted by atomic mass is 10.5. The van der Waals surface area contributed by atoms with E-state index in [-0.39, 0.29) is 10.0 Å². The second-order valence-corrected chi connectivity index (χ2v) is 3.90. The van der Waals surface area contributed by atoms with E-state index in [4.69, 9.17) is 16.7 Å². The number of aromatic carboxylic acids is 1. The minimum absolute atomic E-state index is 0.0784. The molecule has 1 aromatic rings. The van der Waals surface area contributed by atoms with E-state index in [2.05, 4.69) is 4.98 Å². The van der Waals surface area contributed by atoms with Crippen LogP contribution in [0.25, 0.3) is 0 Å². The predicted octanol–water partition coefficient (Wildman–Crippen LogP) is 1.56. The van der Waals surface area contributed by atoms with Gasteiger partial charge in [-0.25, -0.2) is 9.78 Å². The number of aromatic nitrogens is 1. The number of rotatable bonds is 2. The molecular formula is C6H7ClN2O2S. The molecule has 12 heavy (non-hydrogen) atoms. The molecular weight excluding hydrogens is 200 g/mol. The van der Waals surface area contributed by atoms with Crippen LogP contribution in [-0.4, -0.2) is 30.2 Å². The van der Waals surface area contributed by atoms with Crippen LogP contribution in [0.3, 0.4) is 0 Å². The Kier molecular flexibility index (Phi) is 2.54. The lowest BCUT2D eigenvalue weighted by Crippen LogP contribution is -2.08. The van der Waals surface area contributed by atoms with Gasteiger partial charge in [0, 0.05) is 14.1 Å². The molecule has 1 heterocycles. The van der Waals surface area contributed by atoms with E-state index in [1.165, 1.54) is 0 Å². The molecule has 4 nitrogen and oxygen atoms in total. The summed E-state index contributed by atoms with van der Waals surface area (Å²) in [5.74, 6) is -1.09. The Morgan fingerprint density at radius 1 is 1.67 bits per heavy atom. The van der Waals surface area contributed by atoms with Gasteiger partial charge in [-0.15, -0.1) is 0 Å². The number of halogens is 1. The first-order valence-corrected chi connectivity index (χ1v) is 4.28. The molecule has 0 saturated carbocycles. The van der Waals surface area contributed by atoms with Crippen LogP contribution in [0.15, 0.2) is 0 Å². The van der Waals surface area contributed by atoms with Crippen LogP contribution in [0.5, 0.6) is 0 Å². The van der Waals surface area contributed by atoms with Crippen molar-refractivity contribution in [2.24, 2.45) is 0 Å². The van der Waals surface area contributed by atoms with Gasteiger partial charge in [0.15, 0.2) is 10.8 Å². The van der Waals surface area contributed by atoms with Crippen molar-refractivity contribution in [3.63, 3.8) is 0 Å². The lowest BCUT2D eigenvalue weighted by molar-refractivity contribution is 0.0691. The highest BCUT2D eigenvalue weighted by Gasteiger charge is 2.16. The maximum atomic E-state index is 10.5. The quantitative estimate of drug-likeness (QED) is 0.798. The fourth-order valence-corrected chi connectivity index (χ4v) is 1.65. The summed E-state index contributed by atoms with van der Waals surface area (Å²) in [7, 11) is 3.56. The molecule has 0 aliphatic carbocycles. The first kappa shape index (κ1) is 9.28. The third kappa shape index (κ3) is 1.67. The van der Waals surface area contributed by atoms with Gasteiger partial charge in [-0.1, -0.05) is 22.9 Å². The maximum absolute atomic E-state index is 10.5. The van der Waals surface area contributed by atoms with Crippen LogP contribution in [0.2, 0.25) is 4.34 Å². The lowest BCUT2D eigenvalue weighted by Gasteiger charge is -2.04. The number of carboxylic acid groups (broad SMARTS) is 1. The molecule has 0 amide bonds. The van der Waals surface area contributed by atoms with Crippen LogP contribution in [0, 0.1) is 0 Å². The summed E-state index contributed by atoms with van der Waals surface area (Å²) in [6.45, 7) is 0. The maximum Gasteiger partial charge on any atom is 0.357 e. The number of carboxylic acids is 1. The Labute approximate surface area is 78.4 Å². The minimum Gasteiger partial charge on any atom is -0.476 e. The zero-order chi connectivity index (χ0) is 9.30. The van der Waals surface area contributed by atoms with Crippen LogP contribution in [0.4, 0.5) is 5.13 Å². The van der Waals surface area contributed by atoms with Crippen molar-refractivity contribution in [3.05, 3.63) is 10.0 Å². The molecule has 0 bridgehead atoms. The standard InChI is InChI=1S/C6H7ClN2O2S/c1-9(2)6-8-3(5(10)11)4(7)12-6/h1-2H3,(H,10,11). The zero-order valence-electron chi connectivity index (χ0n) is 6.54. The summed E-state index contributed by atoms with van der Waals surface area (Å²) in [5.41, 5.74) is -0.0784. The summed E-state index contributed by atoms with van der Waals surface area (Å²) in [6.07, 6.45) is 0. The van der Waals surface area contributed by atoms with E-state index in [1.807, 2.05) is 0 Å². The molecule has 0 spiro atoms. The average molecular weight is 207 g/mol. The molecule has 1 aromatic heterocycles. The fourth-order valence-electron chi connectivity index (χ4n) is 0.614. The Bertz CT molecular complexity index is 310. The van der Waals surface area contributed by atoms with Crippen molar-refractivity contribution < 1.29 is 9.90 Å². The Balaban J connectivity index is 3.09. The van der Waals surface area contributed by atoms with Crippen LogP contribution in [-0.2, 0) is 0 Å². The van der Waals surface area contributed by atoms with Crippen molar-refractivity contribution in [1.82, 2.24) is 4.98 Å². The molecule has 66 valence electrons. The third-order valence-electron chi connectivity index (χ3n) is 1.16. The Morgan fingerprint density at radius 2 is 2.25 bits per heavy atom. The number of hydrogen-bond acceptors (Lipinski definition) is 4. The average Bonchev–Trinajstić information content (AvgIpc) is 2.30. The summed E-state index contributed by atoms with van der Waals surface area (Å²) in [5, 5.41) is 9.20. The molecule has 1 rings (SSSR count). The molecule has 0 aromatic carbocycles. The van der Waals surface area contributed by atoms with Crippen LogP contribution in [0.1, 0.15) is 10.5 Å². The van der Waals surface area contributed by atoms with Gasteiger partial charge in [-0.3, -0.25) is 0 Å². The second kappa shape index (κ2) is 3.28. The van der Waals surface area contributed by atoms with Gasteiger partial charge < -0.3 is 10.0 Å². The van der Waals surface area contributed by atoms with Crippen molar-refractivity contribution in [2.45, 2.75) is 0 Å². The molecule has 0 atom stereocenters. The number of hydrogen-bond donors (Lipinski definition) is 1. The summed E-state index contributed by atoms with van der Waals surface area (Å²) in [6, 6.07) is 0. The van der Waals surface area contributed by atoms with E-state index in [9.17, 15) is 4.79 Å². The highest BCUT2D eigenvalue weighted by Crippen LogP contribution is 2.29. The third-order valence-corrected chi connectivity index (χ3v) is 2.58. The summed E-state index contributed by atoms with van der Waals surface area (Å²) >= 11 is 6.78. The van der Waals surface area contributed by atoms with E-state index in [1.54, 1.807) is 19.0 Å². The Morgan fingerprint density at radius 3 is 2.50 bits per heavy atom. The van der Waals surface area contributed by atoms with E-state index >= 15 is 0 Å². The van der Waals surface area contributed by atoms with E-state index in [0.29, 0.717) is 5.13 Å². The summed E-state index contributed by atoms with van der Waals surface area (Å²) in [4.78, 5) is 16.0. The molecule has 0 fully saturated rings. The van der Waals surface area contributed by atoms with Crippen molar-refractivity contribution in [2.75, 3.05) is 19.0 Å².